The first-order valence-corrected chi connectivity index (χ1v) is 21.4. The zero-order chi connectivity index (χ0) is 37.1. The maximum absolute atomic E-state index is 13.6. The molecule has 13 nitrogen and oxygen atoms in total. The number of hydrogen-bond donors (Lipinski definition) is 4. The molecule has 1 amide bonds. The molecule has 4 N–H and O–H groups in total. The molecule has 0 aromatic carbocycles. The average molecular weight is 753 g/mol. The number of ether oxygens (including phenoxy) is 3. The van der Waals surface area contributed by atoms with E-state index in [0.717, 1.165) is 19.3 Å². The van der Waals surface area contributed by atoms with Gasteiger partial charge in [0, 0.05) is 12.1 Å². The molecule has 14 heteroatoms. The van der Waals surface area contributed by atoms with E-state index in [1.54, 1.807) is 0 Å². The highest BCUT2D eigenvalue weighted by Crippen LogP contribution is 2.36. The van der Waals surface area contributed by atoms with Crippen LogP contribution in [-0.2, 0) is 43.3 Å². The van der Waals surface area contributed by atoms with Gasteiger partial charge in [0.25, 0.3) is 0 Å². The molecular formula is C38H60N2O11S. The SMILES string of the molecule is C#COC1CCC(C(=O)NC2CCC(S(=O)(=O)C3CCC(NOCC4CCC(OCCOC5CCCCC5)CC4C(=O)O)CC3)CC2)C(C(=O)O)C1. The molecule has 0 aromatic heterocycles. The van der Waals surface area contributed by atoms with Crippen LogP contribution in [0, 0.1) is 36.2 Å². The monoisotopic (exact) mass is 752 g/mol. The predicted molar refractivity (Wildman–Crippen MR) is 191 cm³/mol. The molecule has 5 saturated carbocycles. The highest BCUT2D eigenvalue weighted by atomic mass is 32.2. The summed E-state index contributed by atoms with van der Waals surface area (Å²) in [6.07, 6.45) is 20.5. The maximum Gasteiger partial charge on any atom is 0.307 e. The van der Waals surface area contributed by atoms with E-state index in [1.165, 1.54) is 19.3 Å². The number of hydrogen-bond acceptors (Lipinski definition) is 10. The van der Waals surface area contributed by atoms with E-state index in [9.17, 15) is 33.0 Å². The number of sulfone groups is 1. The summed E-state index contributed by atoms with van der Waals surface area (Å²) in [7, 11) is -3.36. The number of nitrogens with one attached hydrogen (secondary N) is 2. The van der Waals surface area contributed by atoms with Crippen LogP contribution in [0.2, 0.25) is 0 Å². The van der Waals surface area contributed by atoms with E-state index in [-0.39, 0.29) is 49.1 Å². The van der Waals surface area contributed by atoms with Crippen molar-refractivity contribution in [1.82, 2.24) is 10.8 Å². The van der Waals surface area contributed by atoms with Crippen LogP contribution >= 0.6 is 0 Å². The van der Waals surface area contributed by atoms with Crippen molar-refractivity contribution in [3.05, 3.63) is 0 Å². The van der Waals surface area contributed by atoms with Gasteiger partial charge in [0.05, 0.1) is 60.3 Å². The Morgan fingerprint density at radius 3 is 1.85 bits per heavy atom. The first-order chi connectivity index (χ1) is 25.0. The third-order valence-electron chi connectivity index (χ3n) is 12.5. The van der Waals surface area contributed by atoms with Crippen molar-refractivity contribution in [2.75, 3.05) is 19.8 Å². The highest BCUT2D eigenvalue weighted by molar-refractivity contribution is 7.92. The number of amides is 1. The average Bonchev–Trinajstić information content (AvgIpc) is 3.14. The van der Waals surface area contributed by atoms with Gasteiger partial charge in [0.2, 0.25) is 5.91 Å². The zero-order valence-electron chi connectivity index (χ0n) is 30.5. The second kappa shape index (κ2) is 19.8. The van der Waals surface area contributed by atoms with Crippen molar-refractivity contribution in [2.24, 2.45) is 23.7 Å². The molecule has 0 radical (unpaired) electrons. The van der Waals surface area contributed by atoms with Gasteiger partial charge in [0.1, 0.15) is 12.2 Å². The molecule has 0 aliphatic heterocycles. The van der Waals surface area contributed by atoms with Crippen LogP contribution in [0.4, 0.5) is 0 Å². The molecule has 5 aliphatic carbocycles. The summed E-state index contributed by atoms with van der Waals surface area (Å²) in [5, 5.41) is 21.8. The Morgan fingerprint density at radius 1 is 0.654 bits per heavy atom. The summed E-state index contributed by atoms with van der Waals surface area (Å²) in [6, 6.07) is -0.175. The summed E-state index contributed by atoms with van der Waals surface area (Å²) in [4.78, 5) is 42.9. The number of aliphatic carboxylic acids is 2. The lowest BCUT2D eigenvalue weighted by molar-refractivity contribution is -0.151. The molecule has 0 bridgehead atoms. The molecule has 0 spiro atoms. The van der Waals surface area contributed by atoms with Gasteiger partial charge in [-0.15, -0.1) is 0 Å². The van der Waals surface area contributed by atoms with Gasteiger partial charge in [0.15, 0.2) is 9.84 Å². The molecule has 0 heterocycles. The van der Waals surface area contributed by atoms with Crippen molar-refractivity contribution in [2.45, 2.75) is 163 Å². The van der Waals surface area contributed by atoms with Crippen LogP contribution in [0.3, 0.4) is 0 Å². The molecule has 0 aromatic rings. The topological polar surface area (TPSA) is 187 Å². The Balaban J connectivity index is 0.970. The summed E-state index contributed by atoms with van der Waals surface area (Å²) < 4.78 is 44.4. The molecule has 5 rings (SSSR count). The van der Waals surface area contributed by atoms with Crippen LogP contribution < -0.4 is 10.8 Å². The quantitative estimate of drug-likeness (QED) is 0.0993. The van der Waals surface area contributed by atoms with Crippen molar-refractivity contribution in [1.29, 1.82) is 0 Å². The lowest BCUT2D eigenvalue weighted by atomic mass is 9.77. The second-order valence-corrected chi connectivity index (χ2v) is 18.3. The number of carboxylic acid groups (broad SMARTS) is 2. The third kappa shape index (κ3) is 11.3. The maximum atomic E-state index is 13.6. The number of terminal acetylenes is 1. The van der Waals surface area contributed by atoms with Gasteiger partial charge >= 0.3 is 11.9 Å². The third-order valence-corrected chi connectivity index (χ3v) is 15.3. The van der Waals surface area contributed by atoms with E-state index in [1.807, 2.05) is 0 Å². The molecule has 0 saturated heterocycles. The van der Waals surface area contributed by atoms with Crippen LogP contribution in [-0.4, -0.2) is 97.2 Å². The van der Waals surface area contributed by atoms with Crippen molar-refractivity contribution < 1.29 is 52.1 Å². The van der Waals surface area contributed by atoms with E-state index >= 15 is 0 Å². The molecular weight excluding hydrogens is 692 g/mol. The first-order valence-electron chi connectivity index (χ1n) is 19.8. The Hall–Kier alpha value is -2.44. The molecule has 5 fully saturated rings. The minimum absolute atomic E-state index is 0.00680. The fraction of sp³-hybridized carbons (Fsp3) is 0.868. The summed E-state index contributed by atoms with van der Waals surface area (Å²) in [6.45, 7) is 1.31. The lowest BCUT2D eigenvalue weighted by Crippen LogP contribution is -2.48. The standard InChI is InChI=1S/C38H60N2O11S/c1-2-48-29-14-19-33(35(23-29)38(44)45)36(41)39-26-9-15-31(16-10-26)52(46,47)32-17-11-27(12-18-32)40-51-24-25-8-13-30(22-34(25)37(42)43)50-21-20-49-28-6-4-3-5-7-28/h1,25-35,40H,3-24H2,(H,39,41)(H,42,43)(H,44,45). The molecule has 5 aliphatic rings. The number of rotatable bonds is 16. The minimum atomic E-state index is -3.36. The summed E-state index contributed by atoms with van der Waals surface area (Å²) >= 11 is 0. The summed E-state index contributed by atoms with van der Waals surface area (Å²) in [5.74, 6) is -4.37. The number of carbonyl (C=O) groups excluding carboxylic acids is 1. The van der Waals surface area contributed by atoms with Crippen LogP contribution in [0.1, 0.15) is 122 Å². The second-order valence-electron chi connectivity index (χ2n) is 15.8. The van der Waals surface area contributed by atoms with Gasteiger partial charge in [-0.2, -0.15) is 5.48 Å². The molecule has 52 heavy (non-hydrogen) atoms. The Morgan fingerprint density at radius 2 is 1.23 bits per heavy atom. The smallest absolute Gasteiger partial charge is 0.307 e. The lowest BCUT2D eigenvalue weighted by Gasteiger charge is -2.36. The first kappa shape index (κ1) is 40.7. The van der Waals surface area contributed by atoms with Crippen molar-refractivity contribution in [3.63, 3.8) is 0 Å². The van der Waals surface area contributed by atoms with Gasteiger partial charge < -0.3 is 34.6 Å². The summed E-state index contributed by atoms with van der Waals surface area (Å²) in [5.41, 5.74) is 3.11. The Kier molecular flexibility index (Phi) is 15.5. The largest absolute Gasteiger partial charge is 0.481 e. The van der Waals surface area contributed by atoms with Crippen LogP contribution in [0.25, 0.3) is 0 Å². The predicted octanol–water partition coefficient (Wildman–Crippen LogP) is 4.37. The molecule has 294 valence electrons. The van der Waals surface area contributed by atoms with Gasteiger partial charge in [-0.25, -0.2) is 8.42 Å². The number of hydroxylamine groups is 1. The van der Waals surface area contributed by atoms with Crippen LogP contribution in [0.15, 0.2) is 0 Å². The fourth-order valence-corrected chi connectivity index (χ4v) is 11.7. The fourth-order valence-electron chi connectivity index (χ4n) is 9.33. The Bertz CT molecular complexity index is 1320. The zero-order valence-corrected chi connectivity index (χ0v) is 31.3. The number of carboxylic acids is 2. The number of carbonyl (C=O) groups is 3. The van der Waals surface area contributed by atoms with Gasteiger partial charge in [-0.1, -0.05) is 25.7 Å². The molecule has 6 unspecified atom stereocenters. The van der Waals surface area contributed by atoms with Crippen molar-refractivity contribution >= 4 is 27.7 Å². The van der Waals surface area contributed by atoms with E-state index in [0.29, 0.717) is 96.4 Å². The van der Waals surface area contributed by atoms with Crippen LogP contribution in [0.5, 0.6) is 0 Å². The van der Waals surface area contributed by atoms with Gasteiger partial charge in [-0.3, -0.25) is 14.4 Å². The normalized spacial score (nSPS) is 34.8. The van der Waals surface area contributed by atoms with Crippen molar-refractivity contribution in [3.8, 4) is 12.5 Å². The minimum Gasteiger partial charge on any atom is -0.481 e. The van der Waals surface area contributed by atoms with Gasteiger partial charge in [-0.05, 0) is 109 Å². The van der Waals surface area contributed by atoms with E-state index in [2.05, 4.69) is 16.9 Å². The Labute approximate surface area is 308 Å². The molecule has 6 atom stereocenters. The highest BCUT2D eigenvalue weighted by Gasteiger charge is 2.43. The van der Waals surface area contributed by atoms with E-state index in [4.69, 9.17) is 25.5 Å². The van der Waals surface area contributed by atoms with E-state index < -0.39 is 50.0 Å².